The van der Waals surface area contributed by atoms with Gasteiger partial charge in [0.25, 0.3) is 0 Å². The molecule has 0 atom stereocenters. The van der Waals surface area contributed by atoms with Crippen LogP contribution in [-0.4, -0.2) is 65.8 Å². The smallest absolute Gasteiger partial charge is 0.192 e. The average Bonchev–Trinajstić information content (AvgIpc) is 3.43. The summed E-state index contributed by atoms with van der Waals surface area (Å²) in [7, 11) is -1.69. The molecule has 1 fully saturated rings. The minimum Gasteiger partial charge on any atom is -0.492 e. The third kappa shape index (κ3) is 5.33. The summed E-state index contributed by atoms with van der Waals surface area (Å²) in [5, 5.41) is 5.84. The van der Waals surface area contributed by atoms with Crippen LogP contribution in [0, 0.1) is 0 Å². The minimum absolute atomic E-state index is 0.254. The highest BCUT2D eigenvalue weighted by atomic mass is 79.9. The van der Waals surface area contributed by atoms with Crippen LogP contribution in [0.3, 0.4) is 0 Å². The number of hydrogen-bond acceptors (Lipinski definition) is 7. The van der Waals surface area contributed by atoms with E-state index in [1.807, 2.05) is 12.1 Å². The lowest BCUT2D eigenvalue weighted by atomic mass is 10.1. The van der Waals surface area contributed by atoms with Crippen LogP contribution >= 0.6 is 27.3 Å². The van der Waals surface area contributed by atoms with E-state index < -0.39 is 8.32 Å². The zero-order valence-corrected chi connectivity index (χ0v) is 25.3. The van der Waals surface area contributed by atoms with E-state index in [-0.39, 0.29) is 5.04 Å². The van der Waals surface area contributed by atoms with Gasteiger partial charge < -0.3 is 14.1 Å². The second-order valence-electron chi connectivity index (χ2n) is 11.2. The van der Waals surface area contributed by atoms with Crippen LogP contribution in [0.4, 0.5) is 0 Å². The van der Waals surface area contributed by atoms with Gasteiger partial charge in [-0.25, -0.2) is 14.6 Å². The highest BCUT2D eigenvalue weighted by Gasteiger charge is 2.37. The van der Waals surface area contributed by atoms with Crippen LogP contribution in [0.5, 0.6) is 5.75 Å². The molecule has 2 aliphatic heterocycles. The Balaban J connectivity index is 1.25. The summed E-state index contributed by atoms with van der Waals surface area (Å²) >= 11 is 5.27. The van der Waals surface area contributed by atoms with Crippen LogP contribution in [0.25, 0.3) is 22.1 Å². The zero-order chi connectivity index (χ0) is 25.5. The number of thiazole rings is 1. The van der Waals surface area contributed by atoms with Crippen LogP contribution in [0.2, 0.25) is 18.1 Å². The van der Waals surface area contributed by atoms with Gasteiger partial charge >= 0.3 is 0 Å². The maximum Gasteiger partial charge on any atom is 0.192 e. The molecule has 0 saturated carbocycles. The molecule has 3 aromatic rings. The van der Waals surface area contributed by atoms with E-state index >= 15 is 0 Å². The fourth-order valence-corrected chi connectivity index (χ4v) is 7.02. The Morgan fingerprint density at radius 3 is 2.75 bits per heavy atom. The van der Waals surface area contributed by atoms with Crippen molar-refractivity contribution in [3.05, 3.63) is 33.9 Å². The van der Waals surface area contributed by atoms with Gasteiger partial charge in [-0.05, 0) is 49.2 Å². The molecule has 4 heterocycles. The quantitative estimate of drug-likeness (QED) is 0.309. The number of aromatic nitrogens is 4. The second kappa shape index (κ2) is 10.3. The van der Waals surface area contributed by atoms with Gasteiger partial charge in [-0.15, -0.1) is 11.3 Å². The Labute approximate surface area is 227 Å². The Bertz CT molecular complexity index is 1210. The van der Waals surface area contributed by atoms with Crippen molar-refractivity contribution in [2.75, 3.05) is 32.8 Å². The third-order valence-electron chi connectivity index (χ3n) is 7.83. The standard InChI is InChI=1S/C26H36BrN5O2SSi/c1-26(2,3)36(4,5)34-15-13-31-11-8-19(9-12-31)32-24(28-17-29-32)25-30-23-20-7-6-18(27)16-21(20)33-14-10-22(23)35-25/h6-7,16-17,19H,8-15H2,1-5H3. The Morgan fingerprint density at radius 2 is 2.00 bits per heavy atom. The van der Waals surface area contributed by atoms with Crippen LogP contribution < -0.4 is 4.74 Å². The van der Waals surface area contributed by atoms with Crippen molar-refractivity contribution in [1.29, 1.82) is 0 Å². The summed E-state index contributed by atoms with van der Waals surface area (Å²) in [6.45, 7) is 16.1. The van der Waals surface area contributed by atoms with E-state index in [4.69, 9.17) is 14.1 Å². The summed E-state index contributed by atoms with van der Waals surface area (Å²) in [5.74, 6) is 1.76. The van der Waals surface area contributed by atoms with Gasteiger partial charge in [0.05, 0.1) is 18.3 Å². The zero-order valence-electron chi connectivity index (χ0n) is 21.9. The van der Waals surface area contributed by atoms with Crippen molar-refractivity contribution in [1.82, 2.24) is 24.6 Å². The lowest BCUT2D eigenvalue weighted by molar-refractivity contribution is 0.148. The van der Waals surface area contributed by atoms with Crippen molar-refractivity contribution in [2.24, 2.45) is 0 Å². The van der Waals surface area contributed by atoms with E-state index in [0.29, 0.717) is 12.6 Å². The first-order chi connectivity index (χ1) is 17.1. The average molecular weight is 591 g/mol. The maximum atomic E-state index is 6.40. The number of piperidine rings is 1. The van der Waals surface area contributed by atoms with Crippen molar-refractivity contribution in [3.8, 4) is 27.8 Å². The predicted octanol–water partition coefficient (Wildman–Crippen LogP) is 6.42. The Hall–Kier alpha value is -1.59. The van der Waals surface area contributed by atoms with E-state index in [2.05, 4.69) is 75.5 Å². The molecule has 194 valence electrons. The molecule has 0 spiro atoms. The number of rotatable bonds is 6. The number of benzene rings is 1. The van der Waals surface area contributed by atoms with Gasteiger partial charge in [-0.1, -0.05) is 36.7 Å². The molecule has 2 aromatic heterocycles. The van der Waals surface area contributed by atoms with Gasteiger partial charge in [-0.2, -0.15) is 5.10 Å². The molecule has 0 amide bonds. The van der Waals surface area contributed by atoms with Gasteiger partial charge in [0.15, 0.2) is 19.1 Å². The number of ether oxygens (including phenoxy) is 1. The summed E-state index contributed by atoms with van der Waals surface area (Å²) in [6, 6.07) is 6.50. The topological polar surface area (TPSA) is 65.3 Å². The summed E-state index contributed by atoms with van der Waals surface area (Å²) in [6.07, 6.45) is 4.65. The SMILES string of the molecule is CC(C)(C)[Si](C)(C)OCCN1CCC(n2ncnc2-c2nc3c(s2)CCOc2cc(Br)ccc2-3)CC1. The number of fused-ring (bicyclic) bond motifs is 3. The molecule has 10 heteroatoms. The largest absolute Gasteiger partial charge is 0.492 e. The summed E-state index contributed by atoms with van der Waals surface area (Å²) < 4.78 is 15.5. The van der Waals surface area contributed by atoms with Crippen molar-refractivity contribution in [3.63, 3.8) is 0 Å². The first-order valence-electron chi connectivity index (χ1n) is 12.8. The highest BCUT2D eigenvalue weighted by molar-refractivity contribution is 9.10. The molecule has 0 bridgehead atoms. The molecule has 7 nitrogen and oxygen atoms in total. The molecule has 36 heavy (non-hydrogen) atoms. The van der Waals surface area contributed by atoms with Gasteiger partial charge in [0.2, 0.25) is 0 Å². The van der Waals surface area contributed by atoms with Crippen molar-refractivity contribution >= 4 is 35.6 Å². The van der Waals surface area contributed by atoms with Crippen LogP contribution in [0.15, 0.2) is 29.0 Å². The lowest BCUT2D eigenvalue weighted by Crippen LogP contribution is -2.44. The fourth-order valence-electron chi connectivity index (χ4n) is 4.60. The number of halogens is 1. The molecule has 2 aliphatic rings. The number of hydrogen-bond donors (Lipinski definition) is 0. The second-order valence-corrected chi connectivity index (χ2v) is 18.0. The van der Waals surface area contributed by atoms with Crippen molar-refractivity contribution in [2.45, 2.75) is 64.2 Å². The van der Waals surface area contributed by atoms with Gasteiger partial charge in [0, 0.05) is 47.6 Å². The molecule has 0 unspecified atom stereocenters. The summed E-state index contributed by atoms with van der Waals surface area (Å²) in [4.78, 5) is 13.5. The molecule has 0 radical (unpaired) electrons. The first-order valence-corrected chi connectivity index (χ1v) is 17.3. The molecular formula is C26H36BrN5O2SSi. The number of nitrogens with zero attached hydrogens (tertiary/aromatic N) is 5. The van der Waals surface area contributed by atoms with E-state index in [1.165, 1.54) is 4.88 Å². The van der Waals surface area contributed by atoms with E-state index in [9.17, 15) is 0 Å². The van der Waals surface area contributed by atoms with Gasteiger partial charge in [-0.3, -0.25) is 0 Å². The monoisotopic (exact) mass is 589 g/mol. The lowest BCUT2D eigenvalue weighted by Gasteiger charge is -2.37. The Kier molecular flexibility index (Phi) is 7.44. The van der Waals surface area contributed by atoms with Crippen molar-refractivity contribution < 1.29 is 9.16 Å². The van der Waals surface area contributed by atoms with E-state index in [1.54, 1.807) is 17.7 Å². The van der Waals surface area contributed by atoms with Crippen LogP contribution in [0.1, 0.15) is 44.5 Å². The molecule has 1 aromatic carbocycles. The molecular weight excluding hydrogens is 554 g/mol. The number of likely N-dealkylation sites (tertiary alicyclic amines) is 1. The predicted molar refractivity (Wildman–Crippen MR) is 151 cm³/mol. The highest BCUT2D eigenvalue weighted by Crippen LogP contribution is 2.41. The molecule has 0 N–H and O–H groups in total. The molecule has 1 saturated heterocycles. The summed E-state index contributed by atoms with van der Waals surface area (Å²) in [5.41, 5.74) is 2.06. The minimum atomic E-state index is -1.69. The fraction of sp³-hybridized carbons (Fsp3) is 0.577. The first kappa shape index (κ1) is 26.0. The van der Waals surface area contributed by atoms with Gasteiger partial charge in [0.1, 0.15) is 12.1 Å². The third-order valence-corrected chi connectivity index (χ3v) is 14.0. The normalized spacial score (nSPS) is 17.4. The van der Waals surface area contributed by atoms with Crippen LogP contribution in [-0.2, 0) is 10.8 Å². The Morgan fingerprint density at radius 1 is 1.22 bits per heavy atom. The molecule has 5 rings (SSSR count). The molecule has 0 aliphatic carbocycles. The maximum absolute atomic E-state index is 6.40. The van der Waals surface area contributed by atoms with E-state index in [0.717, 1.165) is 77.8 Å².